The predicted molar refractivity (Wildman–Crippen MR) is 71.0 cm³/mol. The molecule has 1 heterocycles. The summed E-state index contributed by atoms with van der Waals surface area (Å²) in [5, 5.41) is 13.4. The standard InChI is InChI=1S/C14H28N2O/c1-3-15-14-7-13(11(2)17)9-16(10-14)8-12-5-4-6-12/h11-15,17H,3-10H2,1-2H3. The minimum atomic E-state index is -0.166. The number of rotatable bonds is 5. The highest BCUT2D eigenvalue weighted by Crippen LogP contribution is 2.29. The van der Waals surface area contributed by atoms with E-state index in [2.05, 4.69) is 17.1 Å². The van der Waals surface area contributed by atoms with Gasteiger partial charge in [0, 0.05) is 25.7 Å². The minimum absolute atomic E-state index is 0.166. The maximum Gasteiger partial charge on any atom is 0.0553 e. The van der Waals surface area contributed by atoms with Gasteiger partial charge in [-0.2, -0.15) is 0 Å². The Labute approximate surface area is 106 Å². The molecule has 2 rings (SSSR count). The molecular weight excluding hydrogens is 212 g/mol. The quantitative estimate of drug-likeness (QED) is 0.764. The van der Waals surface area contributed by atoms with Crippen molar-refractivity contribution in [2.24, 2.45) is 11.8 Å². The van der Waals surface area contributed by atoms with Gasteiger partial charge in [-0.05, 0) is 44.6 Å². The van der Waals surface area contributed by atoms with Gasteiger partial charge < -0.3 is 15.3 Å². The van der Waals surface area contributed by atoms with Crippen LogP contribution in [0.25, 0.3) is 0 Å². The van der Waals surface area contributed by atoms with Crippen LogP contribution in [-0.4, -0.2) is 48.3 Å². The van der Waals surface area contributed by atoms with E-state index in [1.54, 1.807) is 0 Å². The number of hydrogen-bond donors (Lipinski definition) is 2. The lowest BCUT2D eigenvalue weighted by molar-refractivity contribution is 0.0356. The molecule has 1 aliphatic heterocycles. The van der Waals surface area contributed by atoms with Crippen LogP contribution in [0.4, 0.5) is 0 Å². The SMILES string of the molecule is CCNC1CC(C(C)O)CN(CC2CCC2)C1. The van der Waals surface area contributed by atoms with E-state index >= 15 is 0 Å². The molecule has 2 aliphatic rings. The molecule has 17 heavy (non-hydrogen) atoms. The van der Waals surface area contributed by atoms with Crippen molar-refractivity contribution >= 4 is 0 Å². The number of aliphatic hydroxyl groups excluding tert-OH is 1. The Balaban J connectivity index is 1.85. The van der Waals surface area contributed by atoms with Crippen molar-refractivity contribution in [2.75, 3.05) is 26.2 Å². The Morgan fingerprint density at radius 3 is 2.65 bits per heavy atom. The van der Waals surface area contributed by atoms with E-state index in [1.807, 2.05) is 6.92 Å². The first-order chi connectivity index (χ1) is 8.19. The van der Waals surface area contributed by atoms with Crippen molar-refractivity contribution in [1.82, 2.24) is 10.2 Å². The van der Waals surface area contributed by atoms with E-state index in [4.69, 9.17) is 0 Å². The monoisotopic (exact) mass is 240 g/mol. The van der Waals surface area contributed by atoms with Gasteiger partial charge in [0.25, 0.3) is 0 Å². The zero-order valence-corrected chi connectivity index (χ0v) is 11.4. The third-order valence-corrected chi connectivity index (χ3v) is 4.47. The summed E-state index contributed by atoms with van der Waals surface area (Å²) in [5.74, 6) is 1.39. The number of nitrogens with zero attached hydrogens (tertiary/aromatic N) is 1. The first kappa shape index (κ1) is 13.3. The molecule has 3 atom stereocenters. The molecular formula is C14H28N2O. The lowest BCUT2D eigenvalue weighted by atomic mass is 9.83. The van der Waals surface area contributed by atoms with Gasteiger partial charge in [-0.25, -0.2) is 0 Å². The van der Waals surface area contributed by atoms with Crippen molar-refractivity contribution in [3.05, 3.63) is 0 Å². The molecule has 100 valence electrons. The maximum absolute atomic E-state index is 9.83. The molecule has 3 nitrogen and oxygen atoms in total. The van der Waals surface area contributed by atoms with Crippen LogP contribution in [0.3, 0.4) is 0 Å². The van der Waals surface area contributed by atoms with Crippen molar-refractivity contribution in [3.63, 3.8) is 0 Å². The number of piperidine rings is 1. The highest BCUT2D eigenvalue weighted by molar-refractivity contribution is 4.87. The number of aliphatic hydroxyl groups is 1. The summed E-state index contributed by atoms with van der Waals surface area (Å²) < 4.78 is 0. The number of hydrogen-bond acceptors (Lipinski definition) is 3. The molecule has 0 amide bonds. The molecule has 0 spiro atoms. The number of likely N-dealkylation sites (tertiary alicyclic amines) is 1. The molecule has 0 bridgehead atoms. The fraction of sp³-hybridized carbons (Fsp3) is 1.00. The van der Waals surface area contributed by atoms with E-state index in [-0.39, 0.29) is 6.10 Å². The smallest absolute Gasteiger partial charge is 0.0553 e. The van der Waals surface area contributed by atoms with Gasteiger partial charge in [0.2, 0.25) is 0 Å². The second-order valence-corrected chi connectivity index (χ2v) is 6.01. The molecule has 1 saturated heterocycles. The second kappa shape index (κ2) is 6.17. The van der Waals surface area contributed by atoms with Crippen LogP contribution in [0.5, 0.6) is 0 Å². The molecule has 1 aliphatic carbocycles. The van der Waals surface area contributed by atoms with Gasteiger partial charge in [-0.15, -0.1) is 0 Å². The van der Waals surface area contributed by atoms with Gasteiger partial charge in [0.05, 0.1) is 6.10 Å². The van der Waals surface area contributed by atoms with Gasteiger partial charge in [-0.1, -0.05) is 13.3 Å². The fourth-order valence-electron chi connectivity index (χ4n) is 3.21. The summed E-state index contributed by atoms with van der Waals surface area (Å²) in [7, 11) is 0. The van der Waals surface area contributed by atoms with Gasteiger partial charge >= 0.3 is 0 Å². The highest BCUT2D eigenvalue weighted by atomic mass is 16.3. The van der Waals surface area contributed by atoms with Crippen LogP contribution in [0, 0.1) is 11.8 Å². The van der Waals surface area contributed by atoms with Crippen LogP contribution < -0.4 is 5.32 Å². The van der Waals surface area contributed by atoms with Crippen LogP contribution >= 0.6 is 0 Å². The fourth-order valence-corrected chi connectivity index (χ4v) is 3.21. The van der Waals surface area contributed by atoms with Crippen LogP contribution in [0.2, 0.25) is 0 Å². The Kier molecular flexibility index (Phi) is 4.83. The maximum atomic E-state index is 9.83. The van der Waals surface area contributed by atoms with Crippen molar-refractivity contribution in [1.29, 1.82) is 0 Å². The summed E-state index contributed by atoms with van der Waals surface area (Å²) in [6.45, 7) is 8.67. The van der Waals surface area contributed by atoms with Crippen LogP contribution in [0.15, 0.2) is 0 Å². The summed E-state index contributed by atoms with van der Waals surface area (Å²) in [5.41, 5.74) is 0. The molecule has 0 aromatic rings. The highest BCUT2D eigenvalue weighted by Gasteiger charge is 2.31. The number of nitrogens with one attached hydrogen (secondary N) is 1. The van der Waals surface area contributed by atoms with Gasteiger partial charge in [-0.3, -0.25) is 0 Å². The summed E-state index contributed by atoms with van der Waals surface area (Å²) >= 11 is 0. The number of likely N-dealkylation sites (N-methyl/N-ethyl adjacent to an activating group) is 1. The van der Waals surface area contributed by atoms with E-state index in [0.29, 0.717) is 12.0 Å². The molecule has 2 fully saturated rings. The van der Waals surface area contributed by atoms with Gasteiger partial charge in [0.15, 0.2) is 0 Å². The average Bonchev–Trinajstić information content (AvgIpc) is 2.24. The summed E-state index contributed by atoms with van der Waals surface area (Å²) in [4.78, 5) is 2.58. The second-order valence-electron chi connectivity index (χ2n) is 6.01. The predicted octanol–water partition coefficient (Wildman–Crippen LogP) is 1.47. The molecule has 0 aromatic heterocycles. The minimum Gasteiger partial charge on any atom is -0.393 e. The molecule has 2 N–H and O–H groups in total. The van der Waals surface area contributed by atoms with E-state index in [0.717, 1.165) is 25.4 Å². The van der Waals surface area contributed by atoms with Crippen LogP contribution in [0.1, 0.15) is 39.5 Å². The molecule has 0 radical (unpaired) electrons. The average molecular weight is 240 g/mol. The molecule has 3 heteroatoms. The largest absolute Gasteiger partial charge is 0.393 e. The van der Waals surface area contributed by atoms with Crippen molar-refractivity contribution in [2.45, 2.75) is 51.7 Å². The first-order valence-electron chi connectivity index (χ1n) is 7.32. The van der Waals surface area contributed by atoms with Crippen LogP contribution in [-0.2, 0) is 0 Å². The zero-order valence-electron chi connectivity index (χ0n) is 11.4. The van der Waals surface area contributed by atoms with E-state index in [9.17, 15) is 5.11 Å². The lowest BCUT2D eigenvalue weighted by Gasteiger charge is -2.42. The Morgan fingerprint density at radius 2 is 2.12 bits per heavy atom. The van der Waals surface area contributed by atoms with Gasteiger partial charge in [0.1, 0.15) is 0 Å². The molecule has 1 saturated carbocycles. The third-order valence-electron chi connectivity index (χ3n) is 4.47. The molecule has 3 unspecified atom stereocenters. The zero-order chi connectivity index (χ0) is 12.3. The molecule has 0 aromatic carbocycles. The summed E-state index contributed by atoms with van der Waals surface area (Å²) in [6.07, 6.45) is 5.23. The first-order valence-corrected chi connectivity index (χ1v) is 7.32. The normalized spacial score (nSPS) is 33.4. The Bertz CT molecular complexity index is 228. The van der Waals surface area contributed by atoms with Crippen molar-refractivity contribution < 1.29 is 5.11 Å². The van der Waals surface area contributed by atoms with E-state index < -0.39 is 0 Å². The Morgan fingerprint density at radius 1 is 1.35 bits per heavy atom. The lowest BCUT2D eigenvalue weighted by Crippen LogP contribution is -2.52. The van der Waals surface area contributed by atoms with E-state index in [1.165, 1.54) is 32.4 Å². The third kappa shape index (κ3) is 3.67. The topological polar surface area (TPSA) is 35.5 Å². The Hall–Kier alpha value is -0.120. The van der Waals surface area contributed by atoms with Crippen molar-refractivity contribution in [3.8, 4) is 0 Å². The summed E-state index contributed by atoms with van der Waals surface area (Å²) in [6, 6.07) is 0.577.